The molecule has 4 N–H and O–H groups in total. The molecular formula is C14H13NO4. The number of carbonyl (C=O) groups is 1. The van der Waals surface area contributed by atoms with Crippen molar-refractivity contribution in [2.24, 2.45) is 0 Å². The van der Waals surface area contributed by atoms with Crippen LogP contribution in [0, 0.1) is 0 Å². The van der Waals surface area contributed by atoms with E-state index in [1.807, 2.05) is 0 Å². The van der Waals surface area contributed by atoms with E-state index in [9.17, 15) is 20.1 Å². The van der Waals surface area contributed by atoms with Crippen molar-refractivity contribution in [1.29, 1.82) is 0 Å². The van der Waals surface area contributed by atoms with E-state index in [1.165, 1.54) is 30.3 Å². The third-order valence-electron chi connectivity index (χ3n) is 2.70. The Labute approximate surface area is 109 Å². The molecule has 2 aromatic carbocycles. The molecule has 0 unspecified atom stereocenters. The summed E-state index contributed by atoms with van der Waals surface area (Å²) in [5.74, 6) is 0.0503. The topological polar surface area (TPSA) is 89.8 Å². The van der Waals surface area contributed by atoms with Gasteiger partial charge in [0.05, 0.1) is 5.56 Å². The van der Waals surface area contributed by atoms with Gasteiger partial charge in [0.25, 0.3) is 0 Å². The van der Waals surface area contributed by atoms with Crippen LogP contribution in [0.1, 0.15) is 15.9 Å². The first kappa shape index (κ1) is 12.8. The first-order valence-electron chi connectivity index (χ1n) is 5.63. The van der Waals surface area contributed by atoms with Crippen molar-refractivity contribution in [1.82, 2.24) is 0 Å². The van der Waals surface area contributed by atoms with Gasteiger partial charge in [0.2, 0.25) is 0 Å². The molecular weight excluding hydrogens is 246 g/mol. The number of nitrogens with one attached hydrogen (secondary N) is 1. The molecule has 98 valence electrons. The highest BCUT2D eigenvalue weighted by Crippen LogP contribution is 2.24. The summed E-state index contributed by atoms with van der Waals surface area (Å²) in [7, 11) is 0. The van der Waals surface area contributed by atoms with Gasteiger partial charge in [-0.2, -0.15) is 0 Å². The van der Waals surface area contributed by atoms with Gasteiger partial charge < -0.3 is 20.6 Å². The van der Waals surface area contributed by atoms with Gasteiger partial charge in [0.15, 0.2) is 6.29 Å². The number of hydrogen-bond acceptors (Lipinski definition) is 5. The largest absolute Gasteiger partial charge is 0.508 e. The normalized spacial score (nSPS) is 10.1. The fourth-order valence-corrected chi connectivity index (χ4v) is 1.67. The Kier molecular flexibility index (Phi) is 3.56. The quantitative estimate of drug-likeness (QED) is 0.499. The smallest absolute Gasteiger partial charge is 0.153 e. The molecule has 0 fully saturated rings. The van der Waals surface area contributed by atoms with Gasteiger partial charge in [0.1, 0.15) is 17.2 Å². The lowest BCUT2D eigenvalue weighted by Gasteiger charge is -2.09. The van der Waals surface area contributed by atoms with Crippen LogP contribution in [0.3, 0.4) is 0 Å². The zero-order chi connectivity index (χ0) is 13.8. The first-order chi connectivity index (χ1) is 9.10. The van der Waals surface area contributed by atoms with Crippen LogP contribution >= 0.6 is 0 Å². The highest BCUT2D eigenvalue weighted by molar-refractivity contribution is 5.81. The van der Waals surface area contributed by atoms with Crippen molar-refractivity contribution in [2.75, 3.05) is 5.32 Å². The molecule has 0 aliphatic carbocycles. The number of phenolic OH excluding ortho intramolecular Hbond substituents is 3. The van der Waals surface area contributed by atoms with Crippen LogP contribution in [0.5, 0.6) is 17.2 Å². The fourth-order valence-electron chi connectivity index (χ4n) is 1.67. The monoisotopic (exact) mass is 259 g/mol. The molecule has 0 amide bonds. The van der Waals surface area contributed by atoms with E-state index >= 15 is 0 Å². The maximum Gasteiger partial charge on any atom is 0.153 e. The number of phenols is 3. The highest BCUT2D eigenvalue weighted by Gasteiger charge is 2.04. The van der Waals surface area contributed by atoms with Crippen molar-refractivity contribution in [2.45, 2.75) is 6.54 Å². The zero-order valence-corrected chi connectivity index (χ0v) is 10.00. The number of hydrogen-bond donors (Lipinski definition) is 4. The molecule has 0 aliphatic heterocycles. The molecule has 0 saturated carbocycles. The second-order valence-corrected chi connectivity index (χ2v) is 4.06. The van der Waals surface area contributed by atoms with E-state index < -0.39 is 0 Å². The van der Waals surface area contributed by atoms with Gasteiger partial charge in [0, 0.05) is 17.8 Å². The van der Waals surface area contributed by atoms with Gasteiger partial charge in [-0.15, -0.1) is 0 Å². The van der Waals surface area contributed by atoms with Crippen LogP contribution in [0.15, 0.2) is 36.4 Å². The van der Waals surface area contributed by atoms with Crippen LogP contribution in [0.2, 0.25) is 0 Å². The number of aldehydes is 1. The van der Waals surface area contributed by atoms with Crippen molar-refractivity contribution < 1.29 is 20.1 Å². The molecule has 0 aliphatic rings. The highest BCUT2D eigenvalue weighted by atomic mass is 16.3. The molecule has 5 nitrogen and oxygen atoms in total. The van der Waals surface area contributed by atoms with Crippen molar-refractivity contribution in [3.8, 4) is 17.2 Å². The molecule has 2 aromatic rings. The Hall–Kier alpha value is -2.69. The fraction of sp³-hybridized carbons (Fsp3) is 0.0714. The van der Waals surface area contributed by atoms with Gasteiger partial charge in [-0.05, 0) is 36.4 Å². The predicted octanol–water partition coefficient (Wildman–Crippen LogP) is 2.23. The Morgan fingerprint density at radius 2 is 1.74 bits per heavy atom. The summed E-state index contributed by atoms with van der Waals surface area (Å²) >= 11 is 0. The minimum absolute atomic E-state index is 0.0638. The minimum Gasteiger partial charge on any atom is -0.508 e. The summed E-state index contributed by atoms with van der Waals surface area (Å²) in [5.41, 5.74) is 1.34. The van der Waals surface area contributed by atoms with E-state index in [4.69, 9.17) is 0 Å². The third kappa shape index (κ3) is 2.95. The summed E-state index contributed by atoms with van der Waals surface area (Å²) in [5, 5.41) is 31.3. The number of rotatable bonds is 4. The summed E-state index contributed by atoms with van der Waals surface area (Å²) in [4.78, 5) is 10.7. The van der Waals surface area contributed by atoms with E-state index in [1.54, 1.807) is 6.07 Å². The van der Waals surface area contributed by atoms with Crippen LogP contribution in [-0.2, 0) is 6.54 Å². The number of aromatic hydroxyl groups is 3. The van der Waals surface area contributed by atoms with Gasteiger partial charge in [-0.3, -0.25) is 4.79 Å². The standard InChI is InChI=1S/C14H13NO4/c16-8-10-5-11(1-3-14(10)19)15-7-9-6-12(17)2-4-13(9)18/h1-6,8,15,17-19H,7H2. The zero-order valence-electron chi connectivity index (χ0n) is 10.00. The van der Waals surface area contributed by atoms with Crippen molar-refractivity contribution >= 4 is 12.0 Å². The van der Waals surface area contributed by atoms with E-state index in [-0.39, 0.29) is 29.4 Å². The predicted molar refractivity (Wildman–Crippen MR) is 70.6 cm³/mol. The first-order valence-corrected chi connectivity index (χ1v) is 5.63. The Morgan fingerprint density at radius 1 is 1.00 bits per heavy atom. The molecule has 0 bridgehead atoms. The SMILES string of the molecule is O=Cc1cc(NCc2cc(O)ccc2O)ccc1O. The molecule has 0 spiro atoms. The Bertz CT molecular complexity index is 610. The Morgan fingerprint density at radius 3 is 2.47 bits per heavy atom. The van der Waals surface area contributed by atoms with Gasteiger partial charge in [-0.25, -0.2) is 0 Å². The van der Waals surface area contributed by atoms with E-state index in [0.29, 0.717) is 17.5 Å². The molecule has 19 heavy (non-hydrogen) atoms. The van der Waals surface area contributed by atoms with Crippen LogP contribution in [0.4, 0.5) is 5.69 Å². The van der Waals surface area contributed by atoms with E-state index in [2.05, 4.69) is 5.32 Å². The number of anilines is 1. The maximum atomic E-state index is 10.7. The minimum atomic E-state index is -0.0826. The molecule has 0 aromatic heterocycles. The van der Waals surface area contributed by atoms with Crippen LogP contribution < -0.4 is 5.32 Å². The Balaban J connectivity index is 2.14. The maximum absolute atomic E-state index is 10.7. The second-order valence-electron chi connectivity index (χ2n) is 4.06. The lowest BCUT2D eigenvalue weighted by atomic mass is 10.1. The average molecular weight is 259 g/mol. The summed E-state index contributed by atoms with van der Waals surface area (Å²) in [6, 6.07) is 8.77. The van der Waals surface area contributed by atoms with E-state index in [0.717, 1.165) is 0 Å². The van der Waals surface area contributed by atoms with Gasteiger partial charge >= 0.3 is 0 Å². The molecule has 0 heterocycles. The van der Waals surface area contributed by atoms with Crippen molar-refractivity contribution in [3.63, 3.8) is 0 Å². The summed E-state index contributed by atoms with van der Waals surface area (Å²) < 4.78 is 0. The van der Waals surface area contributed by atoms with Crippen LogP contribution in [-0.4, -0.2) is 21.6 Å². The number of benzene rings is 2. The lowest BCUT2D eigenvalue weighted by molar-refractivity contribution is 0.112. The summed E-state index contributed by atoms with van der Waals surface area (Å²) in [6.45, 7) is 0.281. The van der Waals surface area contributed by atoms with Gasteiger partial charge in [-0.1, -0.05) is 0 Å². The molecule has 0 atom stereocenters. The average Bonchev–Trinajstić information content (AvgIpc) is 2.41. The summed E-state index contributed by atoms with van der Waals surface area (Å²) in [6.07, 6.45) is 0.562. The van der Waals surface area contributed by atoms with Crippen LogP contribution in [0.25, 0.3) is 0 Å². The number of carbonyl (C=O) groups excluding carboxylic acids is 1. The molecule has 0 saturated heterocycles. The lowest BCUT2D eigenvalue weighted by Crippen LogP contribution is -2.00. The second kappa shape index (κ2) is 5.30. The van der Waals surface area contributed by atoms with Crippen molar-refractivity contribution in [3.05, 3.63) is 47.5 Å². The third-order valence-corrected chi connectivity index (χ3v) is 2.70. The molecule has 2 rings (SSSR count). The molecule has 0 radical (unpaired) electrons. The molecule has 5 heteroatoms.